The number of nitrogens with one attached hydrogen (secondary N) is 2. The molecule has 4 rings (SSSR count). The molecule has 1 aromatic heterocycles. The van der Waals surface area contributed by atoms with Gasteiger partial charge in [-0.1, -0.05) is 12.1 Å². The van der Waals surface area contributed by atoms with Crippen LogP contribution in [0.4, 0.5) is 14.6 Å². The van der Waals surface area contributed by atoms with Crippen LogP contribution in [0.2, 0.25) is 0 Å². The lowest BCUT2D eigenvalue weighted by atomic mass is 9.82. The summed E-state index contributed by atoms with van der Waals surface area (Å²) in [7, 11) is -3.49. The van der Waals surface area contributed by atoms with Crippen molar-refractivity contribution in [3.63, 3.8) is 0 Å². The Hall–Kier alpha value is -2.30. The van der Waals surface area contributed by atoms with Crippen LogP contribution in [0.5, 0.6) is 0 Å². The number of anilines is 1. The van der Waals surface area contributed by atoms with Crippen LogP contribution in [0.15, 0.2) is 41.3 Å². The highest BCUT2D eigenvalue weighted by Crippen LogP contribution is 2.35. The maximum absolute atomic E-state index is 14.7. The van der Waals surface area contributed by atoms with Crippen molar-refractivity contribution in [3.05, 3.63) is 63.9 Å². The number of H-pyrrole nitrogens is 1. The highest BCUT2D eigenvalue weighted by Gasteiger charge is 2.36. The molecule has 186 valence electrons. The standard InChI is InChI=1S/C24H31F2N3O4S/c1-34(31,32)28-20-6-3-13-29(24-23(26)22(30)11-12-27-24)21(20)15-33-19-9-7-16(8-10-19)17-4-2-5-18(25)14-17/h2,4-5,11-12,14,16,19-21,28H,3,6-10,13,15H2,1H3,(H,27,30)/t16?,19?,20-,21-/m0/s1. The van der Waals surface area contributed by atoms with Crippen LogP contribution in [-0.4, -0.2) is 51.0 Å². The lowest BCUT2D eigenvalue weighted by Gasteiger charge is -2.43. The Morgan fingerprint density at radius 1 is 1.15 bits per heavy atom. The van der Waals surface area contributed by atoms with E-state index in [-0.39, 0.29) is 30.3 Å². The predicted octanol–water partition coefficient (Wildman–Crippen LogP) is 3.28. The summed E-state index contributed by atoms with van der Waals surface area (Å²) < 4.78 is 61.1. The van der Waals surface area contributed by atoms with Crippen molar-refractivity contribution in [3.8, 4) is 0 Å². The third-order valence-electron chi connectivity index (χ3n) is 6.81. The van der Waals surface area contributed by atoms with E-state index in [2.05, 4.69) is 9.71 Å². The van der Waals surface area contributed by atoms with Crippen molar-refractivity contribution in [2.45, 2.75) is 62.6 Å². The fourth-order valence-electron chi connectivity index (χ4n) is 5.17. The summed E-state index contributed by atoms with van der Waals surface area (Å²) in [5.41, 5.74) is 0.278. The molecule has 1 aliphatic heterocycles. The molecule has 2 heterocycles. The number of hydrogen-bond acceptors (Lipinski definition) is 5. The summed E-state index contributed by atoms with van der Waals surface area (Å²) in [4.78, 5) is 16.4. The van der Waals surface area contributed by atoms with E-state index in [9.17, 15) is 22.0 Å². The summed E-state index contributed by atoms with van der Waals surface area (Å²) in [5, 5.41) is 0. The van der Waals surface area contributed by atoms with Crippen LogP contribution in [0.3, 0.4) is 0 Å². The van der Waals surface area contributed by atoms with Crippen molar-refractivity contribution >= 4 is 15.8 Å². The Morgan fingerprint density at radius 2 is 1.91 bits per heavy atom. The Morgan fingerprint density at radius 3 is 2.62 bits per heavy atom. The molecule has 0 spiro atoms. The zero-order chi connectivity index (χ0) is 24.3. The molecule has 1 saturated heterocycles. The maximum atomic E-state index is 14.7. The number of aromatic amines is 1. The van der Waals surface area contributed by atoms with E-state index in [1.165, 1.54) is 12.3 Å². The first-order valence-corrected chi connectivity index (χ1v) is 13.6. The zero-order valence-corrected chi connectivity index (χ0v) is 20.0. The van der Waals surface area contributed by atoms with E-state index in [4.69, 9.17) is 4.74 Å². The Labute approximate surface area is 198 Å². The fraction of sp³-hybridized carbons (Fsp3) is 0.542. The van der Waals surface area contributed by atoms with Gasteiger partial charge in [-0.3, -0.25) is 4.79 Å². The van der Waals surface area contributed by atoms with Gasteiger partial charge in [-0.2, -0.15) is 4.39 Å². The third-order valence-corrected chi connectivity index (χ3v) is 7.54. The van der Waals surface area contributed by atoms with Gasteiger partial charge in [0.2, 0.25) is 21.3 Å². The van der Waals surface area contributed by atoms with Crippen molar-refractivity contribution < 1.29 is 21.9 Å². The van der Waals surface area contributed by atoms with Crippen LogP contribution in [0, 0.1) is 11.6 Å². The minimum absolute atomic E-state index is 0.0212. The van der Waals surface area contributed by atoms with Gasteiger partial charge in [0.25, 0.3) is 0 Å². The van der Waals surface area contributed by atoms with Crippen LogP contribution in [-0.2, 0) is 14.8 Å². The smallest absolute Gasteiger partial charge is 0.219 e. The summed E-state index contributed by atoms with van der Waals surface area (Å²) in [5.74, 6) is -0.784. The first-order chi connectivity index (χ1) is 16.2. The minimum Gasteiger partial charge on any atom is -0.376 e. The molecule has 0 radical (unpaired) electrons. The van der Waals surface area contributed by atoms with Gasteiger partial charge in [0.15, 0.2) is 0 Å². The number of ether oxygens (including phenoxy) is 1. The highest BCUT2D eigenvalue weighted by atomic mass is 32.2. The van der Waals surface area contributed by atoms with Gasteiger partial charge in [0.1, 0.15) is 11.6 Å². The van der Waals surface area contributed by atoms with Crippen LogP contribution >= 0.6 is 0 Å². The molecule has 7 nitrogen and oxygen atoms in total. The molecule has 0 amide bonds. The molecule has 0 unspecified atom stereocenters. The van der Waals surface area contributed by atoms with Gasteiger partial charge in [0, 0.05) is 24.8 Å². The highest BCUT2D eigenvalue weighted by molar-refractivity contribution is 7.88. The second-order valence-corrected chi connectivity index (χ2v) is 11.0. The van der Waals surface area contributed by atoms with Crippen LogP contribution in [0.25, 0.3) is 0 Å². The Bertz CT molecular complexity index is 1150. The number of aromatic nitrogens is 1. The molecule has 10 heteroatoms. The zero-order valence-electron chi connectivity index (χ0n) is 19.2. The number of pyridine rings is 1. The third kappa shape index (κ3) is 6.03. The fourth-order valence-corrected chi connectivity index (χ4v) is 5.99. The lowest BCUT2D eigenvalue weighted by molar-refractivity contribution is 0.0100. The number of halogens is 2. The second kappa shape index (κ2) is 10.5. The number of benzene rings is 1. The molecular weight excluding hydrogens is 464 g/mol. The summed E-state index contributed by atoms with van der Waals surface area (Å²) >= 11 is 0. The number of rotatable bonds is 7. The molecule has 0 bridgehead atoms. The molecule has 2 fully saturated rings. The SMILES string of the molecule is CS(=O)(=O)N[C@H]1CCCN(c2[nH]ccc(=O)c2F)[C@H]1COC1CCC(c2cccc(F)c2)CC1. The van der Waals surface area contributed by atoms with Crippen molar-refractivity contribution in [2.24, 2.45) is 0 Å². The molecule has 2 atom stereocenters. The van der Waals surface area contributed by atoms with Gasteiger partial charge < -0.3 is 14.6 Å². The summed E-state index contributed by atoms with van der Waals surface area (Å²) in [6.07, 6.45) is 7.03. The Kier molecular flexibility index (Phi) is 7.69. The molecule has 2 N–H and O–H groups in total. The van der Waals surface area contributed by atoms with Gasteiger partial charge in [-0.25, -0.2) is 17.5 Å². The predicted molar refractivity (Wildman–Crippen MR) is 127 cm³/mol. The largest absolute Gasteiger partial charge is 0.376 e. The van der Waals surface area contributed by atoms with E-state index in [0.29, 0.717) is 19.4 Å². The second-order valence-electron chi connectivity index (χ2n) is 9.27. The average molecular weight is 496 g/mol. The lowest BCUT2D eigenvalue weighted by Crippen LogP contribution is -2.58. The summed E-state index contributed by atoms with van der Waals surface area (Å²) in [6.45, 7) is 0.665. The minimum atomic E-state index is -3.49. The van der Waals surface area contributed by atoms with Crippen molar-refractivity contribution in [2.75, 3.05) is 24.3 Å². The van der Waals surface area contributed by atoms with E-state index >= 15 is 0 Å². The van der Waals surface area contributed by atoms with Crippen molar-refractivity contribution in [1.29, 1.82) is 0 Å². The van der Waals surface area contributed by atoms with Crippen molar-refractivity contribution in [1.82, 2.24) is 9.71 Å². The van der Waals surface area contributed by atoms with E-state index in [1.807, 2.05) is 6.07 Å². The number of hydrogen-bond donors (Lipinski definition) is 2. The van der Waals surface area contributed by atoms with E-state index in [0.717, 1.165) is 43.6 Å². The van der Waals surface area contributed by atoms with Crippen LogP contribution in [0.1, 0.15) is 50.0 Å². The van der Waals surface area contributed by atoms with E-state index in [1.54, 1.807) is 17.0 Å². The van der Waals surface area contributed by atoms with Gasteiger partial charge in [-0.05, 0) is 62.1 Å². The number of nitrogens with zero attached hydrogens (tertiary/aromatic N) is 1. The number of sulfonamides is 1. The Balaban J connectivity index is 1.46. The molecule has 1 aromatic carbocycles. The molecule has 1 saturated carbocycles. The van der Waals surface area contributed by atoms with Gasteiger partial charge in [0.05, 0.1) is 25.0 Å². The monoisotopic (exact) mass is 495 g/mol. The first-order valence-electron chi connectivity index (χ1n) is 11.7. The topological polar surface area (TPSA) is 91.5 Å². The molecular formula is C24H31F2N3O4S. The average Bonchev–Trinajstić information content (AvgIpc) is 2.79. The number of piperidine rings is 1. The molecule has 2 aromatic rings. The van der Waals surface area contributed by atoms with Gasteiger partial charge in [-0.15, -0.1) is 0 Å². The molecule has 1 aliphatic carbocycles. The molecule has 34 heavy (non-hydrogen) atoms. The maximum Gasteiger partial charge on any atom is 0.219 e. The molecule has 2 aliphatic rings. The van der Waals surface area contributed by atoms with Gasteiger partial charge >= 0.3 is 0 Å². The normalized spacial score (nSPS) is 25.9. The van der Waals surface area contributed by atoms with E-state index < -0.39 is 33.4 Å². The van der Waals surface area contributed by atoms with Crippen LogP contribution < -0.4 is 15.1 Å². The summed E-state index contributed by atoms with van der Waals surface area (Å²) in [6, 6.07) is 6.88. The quantitative estimate of drug-likeness (QED) is 0.615. The first kappa shape index (κ1) is 24.8.